The van der Waals surface area contributed by atoms with Crippen LogP contribution in [0.3, 0.4) is 0 Å². The summed E-state index contributed by atoms with van der Waals surface area (Å²) in [6.07, 6.45) is 0. The molecule has 0 atom stereocenters. The molecule has 0 bridgehead atoms. The van der Waals surface area contributed by atoms with Crippen molar-refractivity contribution in [3.63, 3.8) is 0 Å². The molecule has 8 heteroatoms. The third-order valence-electron chi connectivity index (χ3n) is 2.88. The number of carbonyl (C=O) groups is 2. The van der Waals surface area contributed by atoms with Gasteiger partial charge in [-0.05, 0) is 30.3 Å². The Balaban J connectivity index is 2.03. The minimum atomic E-state index is -1.31. The maximum Gasteiger partial charge on any atom is 0.344 e. The van der Waals surface area contributed by atoms with Crippen molar-refractivity contribution in [3.8, 4) is 6.07 Å². The van der Waals surface area contributed by atoms with Crippen molar-refractivity contribution < 1.29 is 23.1 Å². The Morgan fingerprint density at radius 1 is 1.21 bits per heavy atom. The lowest BCUT2D eigenvalue weighted by atomic mass is 10.2. The van der Waals surface area contributed by atoms with Crippen LogP contribution in [0.4, 0.5) is 14.5 Å². The summed E-state index contributed by atoms with van der Waals surface area (Å²) in [7, 11) is 0. The topological polar surface area (TPSA) is 79.2 Å². The average molecular weight is 351 g/mol. The summed E-state index contributed by atoms with van der Waals surface area (Å²) in [4.78, 5) is 23.4. The van der Waals surface area contributed by atoms with Crippen LogP contribution >= 0.6 is 11.6 Å². The molecule has 0 spiro atoms. The Bertz CT molecular complexity index is 829. The van der Waals surface area contributed by atoms with E-state index in [2.05, 4.69) is 10.1 Å². The maximum absolute atomic E-state index is 13.4. The highest BCUT2D eigenvalue weighted by atomic mass is 35.5. The second-order valence-electron chi connectivity index (χ2n) is 4.52. The van der Waals surface area contributed by atoms with Crippen LogP contribution in [0.15, 0.2) is 36.4 Å². The summed E-state index contributed by atoms with van der Waals surface area (Å²) in [5.41, 5.74) is -0.604. The third-order valence-corrected chi connectivity index (χ3v) is 3.11. The summed E-state index contributed by atoms with van der Waals surface area (Å²) < 4.78 is 31.4. The first kappa shape index (κ1) is 17.4. The number of esters is 1. The lowest BCUT2D eigenvalue weighted by Gasteiger charge is -2.09. The molecular weight excluding hydrogens is 342 g/mol. The number of benzene rings is 2. The standard InChI is InChI=1S/C16H9ClF2N2O3/c17-10-5-4-9(7-20)13(6-10)21-14(22)8-24-16(23)15-11(18)2-1-3-12(15)19/h1-6H,8H2,(H,21,22). The van der Waals surface area contributed by atoms with E-state index in [0.29, 0.717) is 0 Å². The summed E-state index contributed by atoms with van der Waals surface area (Å²) >= 11 is 5.77. The van der Waals surface area contributed by atoms with Gasteiger partial charge in [-0.15, -0.1) is 0 Å². The Kier molecular flexibility index (Phi) is 5.45. The number of amides is 1. The predicted molar refractivity (Wildman–Crippen MR) is 81.4 cm³/mol. The first-order valence-electron chi connectivity index (χ1n) is 6.53. The Labute approximate surface area is 140 Å². The molecule has 1 N–H and O–H groups in total. The summed E-state index contributed by atoms with van der Waals surface area (Å²) in [5, 5.41) is 11.6. The van der Waals surface area contributed by atoms with E-state index in [1.807, 2.05) is 6.07 Å². The first-order chi connectivity index (χ1) is 11.4. The molecular formula is C16H9ClF2N2O3. The van der Waals surface area contributed by atoms with Crippen molar-refractivity contribution in [3.05, 3.63) is 64.2 Å². The molecule has 0 aliphatic heterocycles. The van der Waals surface area contributed by atoms with Crippen molar-refractivity contribution in [1.82, 2.24) is 0 Å². The molecule has 5 nitrogen and oxygen atoms in total. The maximum atomic E-state index is 13.4. The fourth-order valence-corrected chi connectivity index (χ4v) is 1.97. The fourth-order valence-electron chi connectivity index (χ4n) is 1.80. The number of ether oxygens (including phenoxy) is 1. The molecule has 0 heterocycles. The smallest absolute Gasteiger partial charge is 0.344 e. The van der Waals surface area contributed by atoms with Crippen LogP contribution < -0.4 is 5.32 Å². The van der Waals surface area contributed by atoms with Crippen molar-refractivity contribution in [2.45, 2.75) is 0 Å². The number of hydrogen-bond acceptors (Lipinski definition) is 4. The SMILES string of the molecule is N#Cc1ccc(Cl)cc1NC(=O)COC(=O)c1c(F)cccc1F. The number of nitrogens with one attached hydrogen (secondary N) is 1. The predicted octanol–water partition coefficient (Wildman–Crippen LogP) is 3.29. The van der Waals surface area contributed by atoms with Crippen molar-refractivity contribution >= 4 is 29.2 Å². The van der Waals surface area contributed by atoms with Gasteiger partial charge in [-0.1, -0.05) is 17.7 Å². The van der Waals surface area contributed by atoms with Gasteiger partial charge >= 0.3 is 5.97 Å². The number of carbonyl (C=O) groups excluding carboxylic acids is 2. The number of nitrogens with zero attached hydrogens (tertiary/aromatic N) is 1. The molecule has 0 saturated carbocycles. The first-order valence-corrected chi connectivity index (χ1v) is 6.91. The van der Waals surface area contributed by atoms with Gasteiger partial charge in [0.05, 0.1) is 11.3 Å². The van der Waals surface area contributed by atoms with E-state index in [-0.39, 0.29) is 16.3 Å². The zero-order chi connectivity index (χ0) is 17.7. The second kappa shape index (κ2) is 7.53. The van der Waals surface area contributed by atoms with E-state index in [1.165, 1.54) is 18.2 Å². The zero-order valence-corrected chi connectivity index (χ0v) is 12.7. The normalized spacial score (nSPS) is 9.92. The molecule has 1 amide bonds. The highest BCUT2D eigenvalue weighted by Crippen LogP contribution is 2.20. The van der Waals surface area contributed by atoms with Gasteiger partial charge in [-0.3, -0.25) is 4.79 Å². The average Bonchev–Trinajstić information content (AvgIpc) is 2.53. The van der Waals surface area contributed by atoms with E-state index >= 15 is 0 Å². The molecule has 24 heavy (non-hydrogen) atoms. The van der Waals surface area contributed by atoms with Gasteiger partial charge in [0, 0.05) is 5.02 Å². The quantitative estimate of drug-likeness (QED) is 0.858. The number of anilines is 1. The Morgan fingerprint density at radius 2 is 1.88 bits per heavy atom. The second-order valence-corrected chi connectivity index (χ2v) is 4.96. The zero-order valence-electron chi connectivity index (χ0n) is 12.0. The molecule has 2 rings (SSSR count). The summed E-state index contributed by atoms with van der Waals surface area (Å²) in [6, 6.07) is 8.95. The number of nitriles is 1. The lowest BCUT2D eigenvalue weighted by molar-refractivity contribution is -0.119. The largest absolute Gasteiger partial charge is 0.452 e. The van der Waals surface area contributed by atoms with Gasteiger partial charge in [0.2, 0.25) is 0 Å². The molecule has 0 saturated heterocycles. The molecule has 0 unspecified atom stereocenters. The van der Waals surface area contributed by atoms with Gasteiger partial charge in [0.1, 0.15) is 23.3 Å². The van der Waals surface area contributed by atoms with E-state index in [4.69, 9.17) is 16.9 Å². The third kappa shape index (κ3) is 4.06. The van der Waals surface area contributed by atoms with E-state index in [9.17, 15) is 18.4 Å². The minimum absolute atomic E-state index is 0.128. The lowest BCUT2D eigenvalue weighted by Crippen LogP contribution is -2.22. The van der Waals surface area contributed by atoms with Crippen LogP contribution in [-0.2, 0) is 9.53 Å². The van der Waals surface area contributed by atoms with E-state index in [0.717, 1.165) is 18.2 Å². The monoisotopic (exact) mass is 350 g/mol. The van der Waals surface area contributed by atoms with Gasteiger partial charge < -0.3 is 10.1 Å². The fraction of sp³-hybridized carbons (Fsp3) is 0.0625. The van der Waals surface area contributed by atoms with Gasteiger partial charge in [0.25, 0.3) is 5.91 Å². The summed E-state index contributed by atoms with van der Waals surface area (Å²) in [5.74, 6) is -4.30. The molecule has 2 aromatic rings. The number of hydrogen-bond donors (Lipinski definition) is 1. The van der Waals surface area contributed by atoms with Crippen LogP contribution in [0.2, 0.25) is 5.02 Å². The van der Waals surface area contributed by atoms with Crippen LogP contribution in [0.5, 0.6) is 0 Å². The van der Waals surface area contributed by atoms with Gasteiger partial charge in [-0.25, -0.2) is 13.6 Å². The molecule has 0 aliphatic carbocycles. The van der Waals surface area contributed by atoms with Crippen LogP contribution in [0.25, 0.3) is 0 Å². The van der Waals surface area contributed by atoms with Gasteiger partial charge in [-0.2, -0.15) is 5.26 Å². The van der Waals surface area contributed by atoms with Crippen molar-refractivity contribution in [2.75, 3.05) is 11.9 Å². The van der Waals surface area contributed by atoms with E-state index in [1.54, 1.807) is 0 Å². The van der Waals surface area contributed by atoms with Crippen molar-refractivity contribution in [2.24, 2.45) is 0 Å². The molecule has 122 valence electrons. The molecule has 2 aromatic carbocycles. The molecule has 0 radical (unpaired) electrons. The molecule has 0 aromatic heterocycles. The molecule has 0 fully saturated rings. The van der Waals surface area contributed by atoms with Crippen molar-refractivity contribution in [1.29, 1.82) is 5.26 Å². The number of rotatable bonds is 4. The van der Waals surface area contributed by atoms with Crippen LogP contribution in [-0.4, -0.2) is 18.5 Å². The Morgan fingerprint density at radius 3 is 2.50 bits per heavy atom. The highest BCUT2D eigenvalue weighted by molar-refractivity contribution is 6.31. The highest BCUT2D eigenvalue weighted by Gasteiger charge is 2.19. The molecule has 0 aliphatic rings. The van der Waals surface area contributed by atoms with Crippen LogP contribution in [0.1, 0.15) is 15.9 Å². The van der Waals surface area contributed by atoms with Crippen LogP contribution in [0, 0.1) is 23.0 Å². The van der Waals surface area contributed by atoms with Gasteiger partial charge in [0.15, 0.2) is 6.61 Å². The summed E-state index contributed by atoms with van der Waals surface area (Å²) in [6.45, 7) is -0.788. The minimum Gasteiger partial charge on any atom is -0.452 e. The number of halogens is 3. The van der Waals surface area contributed by atoms with E-state index < -0.39 is 35.7 Å². The Hall–Kier alpha value is -2.98.